The van der Waals surface area contributed by atoms with Crippen molar-refractivity contribution in [2.75, 3.05) is 33.9 Å². The third-order valence-electron chi connectivity index (χ3n) is 4.01. The number of hydrogen-bond acceptors (Lipinski definition) is 3. The van der Waals surface area contributed by atoms with E-state index >= 15 is 0 Å². The third kappa shape index (κ3) is 9.30. The Labute approximate surface area is 169 Å². The van der Waals surface area contributed by atoms with E-state index in [1.807, 2.05) is 19.2 Å². The van der Waals surface area contributed by atoms with E-state index in [1.54, 1.807) is 7.11 Å². The van der Waals surface area contributed by atoms with Gasteiger partial charge in [0.25, 0.3) is 0 Å². The summed E-state index contributed by atoms with van der Waals surface area (Å²) in [5.74, 6) is 2.23. The number of benzene rings is 1. The zero-order valence-electron chi connectivity index (χ0n) is 16.0. The van der Waals surface area contributed by atoms with Gasteiger partial charge in [-0.15, -0.1) is 24.0 Å². The summed E-state index contributed by atoms with van der Waals surface area (Å²) in [6.07, 6.45) is 3.04. The fourth-order valence-corrected chi connectivity index (χ4v) is 2.68. The van der Waals surface area contributed by atoms with Gasteiger partial charge in [0, 0.05) is 33.3 Å². The van der Waals surface area contributed by atoms with E-state index in [4.69, 9.17) is 9.73 Å². The third-order valence-corrected chi connectivity index (χ3v) is 4.01. The van der Waals surface area contributed by atoms with Crippen LogP contribution in [0.2, 0.25) is 0 Å². The van der Waals surface area contributed by atoms with E-state index in [2.05, 4.69) is 36.2 Å². The molecule has 25 heavy (non-hydrogen) atoms. The summed E-state index contributed by atoms with van der Waals surface area (Å²) >= 11 is 0. The Bertz CT molecular complexity index is 474. The normalized spacial score (nSPS) is 12.3. The molecule has 0 heterocycles. The van der Waals surface area contributed by atoms with Crippen molar-refractivity contribution in [3.05, 3.63) is 29.8 Å². The highest BCUT2D eigenvalue weighted by Crippen LogP contribution is 2.14. The molecule has 1 rings (SSSR count). The first kappa shape index (κ1) is 24.0. The van der Waals surface area contributed by atoms with E-state index in [0.717, 1.165) is 50.6 Å². The number of halogens is 1. The Hall–Kier alpha value is -1.02. The number of hydrogen-bond donors (Lipinski definition) is 2. The minimum absolute atomic E-state index is 0. The summed E-state index contributed by atoms with van der Waals surface area (Å²) in [5.41, 5.74) is 1.21. The van der Waals surface area contributed by atoms with Crippen molar-refractivity contribution < 1.29 is 9.84 Å². The Morgan fingerprint density at radius 2 is 1.92 bits per heavy atom. The van der Waals surface area contributed by atoms with Crippen LogP contribution in [0.4, 0.5) is 0 Å². The number of rotatable bonds is 10. The van der Waals surface area contributed by atoms with Gasteiger partial charge in [-0.1, -0.05) is 25.5 Å². The zero-order valence-corrected chi connectivity index (χ0v) is 18.3. The average Bonchev–Trinajstić information content (AvgIpc) is 2.59. The van der Waals surface area contributed by atoms with Gasteiger partial charge in [0.05, 0.1) is 7.11 Å². The minimum atomic E-state index is 0. The molecule has 0 aliphatic carbocycles. The molecule has 0 fully saturated rings. The Morgan fingerprint density at radius 3 is 2.44 bits per heavy atom. The van der Waals surface area contributed by atoms with Crippen LogP contribution in [0.25, 0.3) is 0 Å². The topological polar surface area (TPSA) is 57.1 Å². The molecule has 1 unspecified atom stereocenters. The average molecular weight is 463 g/mol. The van der Waals surface area contributed by atoms with Crippen LogP contribution in [-0.2, 0) is 6.54 Å². The van der Waals surface area contributed by atoms with Crippen LogP contribution in [-0.4, -0.2) is 49.8 Å². The molecule has 1 atom stereocenters. The molecular formula is C19H34IN3O2. The lowest BCUT2D eigenvalue weighted by atomic mass is 10.0. The minimum Gasteiger partial charge on any atom is -0.497 e. The molecular weight excluding hydrogens is 429 g/mol. The molecule has 0 bridgehead atoms. The molecule has 0 aliphatic heterocycles. The van der Waals surface area contributed by atoms with Gasteiger partial charge in [0.2, 0.25) is 0 Å². The van der Waals surface area contributed by atoms with Crippen LogP contribution < -0.4 is 10.1 Å². The van der Waals surface area contributed by atoms with Crippen LogP contribution in [0.15, 0.2) is 29.3 Å². The van der Waals surface area contributed by atoms with Crippen LogP contribution in [0.1, 0.15) is 38.7 Å². The number of nitrogens with one attached hydrogen (secondary N) is 1. The maximum atomic E-state index is 9.19. The molecule has 144 valence electrons. The zero-order chi connectivity index (χ0) is 17.8. The highest BCUT2D eigenvalue weighted by Gasteiger charge is 2.10. The number of nitrogens with zero attached hydrogens (tertiary/aromatic N) is 2. The van der Waals surface area contributed by atoms with E-state index in [9.17, 15) is 5.11 Å². The van der Waals surface area contributed by atoms with E-state index in [0.29, 0.717) is 5.92 Å². The molecule has 0 amide bonds. The summed E-state index contributed by atoms with van der Waals surface area (Å²) in [7, 11) is 3.72. The molecule has 0 saturated heterocycles. The number of guanidine groups is 1. The molecule has 0 radical (unpaired) electrons. The molecule has 5 nitrogen and oxygen atoms in total. The molecule has 0 saturated carbocycles. The molecule has 1 aromatic carbocycles. The summed E-state index contributed by atoms with van der Waals surface area (Å²) < 4.78 is 5.20. The molecule has 0 aliphatic rings. The number of aliphatic hydroxyl groups is 1. The predicted octanol–water partition coefficient (Wildman–Crippen LogP) is 3.51. The second-order valence-corrected chi connectivity index (χ2v) is 6.07. The number of aliphatic imine (C=N–C) groups is 1. The SMILES string of the molecule is CCCC(CCO)CN=C(NCC)N(C)Cc1ccc(OC)cc1.I. The highest BCUT2D eigenvalue weighted by atomic mass is 127. The van der Waals surface area contributed by atoms with Gasteiger partial charge >= 0.3 is 0 Å². The molecule has 0 spiro atoms. The second kappa shape index (κ2) is 14.2. The Balaban J connectivity index is 0.00000576. The summed E-state index contributed by atoms with van der Waals surface area (Å²) in [6.45, 7) is 6.86. The molecule has 0 aromatic heterocycles. The van der Waals surface area contributed by atoms with Gasteiger partial charge in [0.1, 0.15) is 5.75 Å². The Morgan fingerprint density at radius 1 is 1.24 bits per heavy atom. The Kier molecular flexibility index (Phi) is 13.6. The predicted molar refractivity (Wildman–Crippen MR) is 116 cm³/mol. The maximum Gasteiger partial charge on any atom is 0.193 e. The summed E-state index contributed by atoms with van der Waals surface area (Å²) in [4.78, 5) is 6.91. The van der Waals surface area contributed by atoms with E-state index in [1.165, 1.54) is 5.56 Å². The van der Waals surface area contributed by atoms with Crippen molar-refractivity contribution in [2.45, 2.75) is 39.7 Å². The number of methoxy groups -OCH3 is 1. The van der Waals surface area contributed by atoms with Gasteiger partial charge in [-0.2, -0.15) is 0 Å². The van der Waals surface area contributed by atoms with Crippen molar-refractivity contribution in [3.8, 4) is 5.75 Å². The first-order valence-corrected chi connectivity index (χ1v) is 8.87. The first-order chi connectivity index (χ1) is 11.6. The molecule has 6 heteroatoms. The van der Waals surface area contributed by atoms with Crippen molar-refractivity contribution in [1.29, 1.82) is 0 Å². The molecule has 2 N–H and O–H groups in total. The summed E-state index contributed by atoms with van der Waals surface area (Å²) in [6, 6.07) is 8.10. The van der Waals surface area contributed by atoms with Crippen LogP contribution >= 0.6 is 24.0 Å². The van der Waals surface area contributed by atoms with Gasteiger partial charge in [-0.25, -0.2) is 0 Å². The lowest BCUT2D eigenvalue weighted by molar-refractivity contribution is 0.253. The lowest BCUT2D eigenvalue weighted by Gasteiger charge is -2.23. The van der Waals surface area contributed by atoms with Gasteiger partial charge in [-0.3, -0.25) is 4.99 Å². The van der Waals surface area contributed by atoms with Crippen molar-refractivity contribution in [1.82, 2.24) is 10.2 Å². The van der Waals surface area contributed by atoms with E-state index in [-0.39, 0.29) is 30.6 Å². The smallest absolute Gasteiger partial charge is 0.193 e. The summed E-state index contributed by atoms with van der Waals surface area (Å²) in [5, 5.41) is 12.5. The molecule has 1 aromatic rings. The van der Waals surface area contributed by atoms with Gasteiger partial charge in [-0.05, 0) is 43.4 Å². The van der Waals surface area contributed by atoms with Crippen LogP contribution in [0.3, 0.4) is 0 Å². The number of ether oxygens (including phenoxy) is 1. The van der Waals surface area contributed by atoms with Gasteiger partial charge < -0.3 is 20.1 Å². The largest absolute Gasteiger partial charge is 0.497 e. The first-order valence-electron chi connectivity index (χ1n) is 8.87. The quantitative estimate of drug-likeness (QED) is 0.317. The monoisotopic (exact) mass is 463 g/mol. The fraction of sp³-hybridized carbons (Fsp3) is 0.632. The van der Waals surface area contributed by atoms with Gasteiger partial charge in [0.15, 0.2) is 5.96 Å². The lowest BCUT2D eigenvalue weighted by Crippen LogP contribution is -2.38. The maximum absolute atomic E-state index is 9.19. The van der Waals surface area contributed by atoms with E-state index < -0.39 is 0 Å². The van der Waals surface area contributed by atoms with Crippen LogP contribution in [0, 0.1) is 5.92 Å². The standard InChI is InChI=1S/C19H33N3O2.HI/c1-5-7-16(12-13-23)14-21-19(20-6-2)22(3)15-17-8-10-18(24-4)11-9-17;/h8-11,16,23H,5-7,12-15H2,1-4H3,(H,20,21);1H. The fourth-order valence-electron chi connectivity index (χ4n) is 2.68. The van der Waals surface area contributed by atoms with Crippen molar-refractivity contribution in [2.24, 2.45) is 10.9 Å². The van der Waals surface area contributed by atoms with Crippen molar-refractivity contribution >= 4 is 29.9 Å². The number of aliphatic hydroxyl groups excluding tert-OH is 1. The highest BCUT2D eigenvalue weighted by molar-refractivity contribution is 14.0. The van der Waals surface area contributed by atoms with Crippen molar-refractivity contribution in [3.63, 3.8) is 0 Å². The second-order valence-electron chi connectivity index (χ2n) is 6.07. The van der Waals surface area contributed by atoms with Crippen LogP contribution in [0.5, 0.6) is 5.75 Å².